The zero-order valence-corrected chi connectivity index (χ0v) is 14.2. The SMILES string of the molecule is CCC(C)N(CC)c1cnc(C(C)C)nc1CNC1CC1. The maximum absolute atomic E-state index is 4.84. The molecule has 0 aliphatic heterocycles. The van der Waals surface area contributed by atoms with Crippen LogP contribution in [0.25, 0.3) is 0 Å². The summed E-state index contributed by atoms with van der Waals surface area (Å²) in [4.78, 5) is 11.9. The molecule has 1 heterocycles. The minimum atomic E-state index is 0.373. The minimum absolute atomic E-state index is 0.373. The average Bonchev–Trinajstić information content (AvgIpc) is 3.30. The van der Waals surface area contributed by atoms with Crippen LogP contribution in [-0.2, 0) is 6.54 Å². The third kappa shape index (κ3) is 4.16. The maximum atomic E-state index is 4.84. The molecular weight excluding hydrogens is 260 g/mol. The summed E-state index contributed by atoms with van der Waals surface area (Å²) in [5, 5.41) is 3.60. The molecular formula is C17H30N4. The van der Waals surface area contributed by atoms with E-state index in [0.29, 0.717) is 18.0 Å². The second kappa shape index (κ2) is 7.21. The number of aromatic nitrogens is 2. The number of hydrogen-bond donors (Lipinski definition) is 1. The lowest BCUT2D eigenvalue weighted by Gasteiger charge is -2.31. The summed E-state index contributed by atoms with van der Waals surface area (Å²) in [6.07, 6.45) is 5.78. The molecule has 0 spiro atoms. The standard InChI is InChI=1S/C17H30N4/c1-6-13(5)21(7-2)16-11-19-17(12(3)4)20-15(16)10-18-14-8-9-14/h11-14,18H,6-10H2,1-5H3. The third-order valence-electron chi connectivity index (χ3n) is 4.29. The van der Waals surface area contributed by atoms with Crippen molar-refractivity contribution in [2.24, 2.45) is 0 Å². The van der Waals surface area contributed by atoms with Crippen molar-refractivity contribution in [1.82, 2.24) is 15.3 Å². The fraction of sp³-hybridized carbons (Fsp3) is 0.765. The Balaban J connectivity index is 2.27. The lowest BCUT2D eigenvalue weighted by atomic mass is 10.1. The van der Waals surface area contributed by atoms with Crippen LogP contribution in [0.2, 0.25) is 0 Å². The van der Waals surface area contributed by atoms with Crippen LogP contribution in [0.15, 0.2) is 6.20 Å². The molecule has 1 atom stereocenters. The van der Waals surface area contributed by atoms with Gasteiger partial charge in [0.05, 0.1) is 17.6 Å². The van der Waals surface area contributed by atoms with Crippen LogP contribution in [-0.4, -0.2) is 28.6 Å². The van der Waals surface area contributed by atoms with Gasteiger partial charge in [0.1, 0.15) is 5.82 Å². The van der Waals surface area contributed by atoms with Gasteiger partial charge in [-0.1, -0.05) is 20.8 Å². The van der Waals surface area contributed by atoms with Crippen molar-refractivity contribution in [3.05, 3.63) is 17.7 Å². The summed E-state index contributed by atoms with van der Waals surface area (Å²) in [5.41, 5.74) is 2.35. The highest BCUT2D eigenvalue weighted by Crippen LogP contribution is 2.25. The smallest absolute Gasteiger partial charge is 0.131 e. The first-order valence-corrected chi connectivity index (χ1v) is 8.42. The van der Waals surface area contributed by atoms with Gasteiger partial charge in [-0.05, 0) is 33.1 Å². The first-order chi connectivity index (χ1) is 10.1. The van der Waals surface area contributed by atoms with Gasteiger partial charge >= 0.3 is 0 Å². The molecule has 1 aliphatic rings. The predicted molar refractivity (Wildman–Crippen MR) is 88.8 cm³/mol. The Morgan fingerprint density at radius 3 is 2.52 bits per heavy atom. The first kappa shape index (κ1) is 16.2. The van der Waals surface area contributed by atoms with Crippen molar-refractivity contribution >= 4 is 5.69 Å². The molecule has 1 unspecified atom stereocenters. The Morgan fingerprint density at radius 2 is 2.00 bits per heavy atom. The number of hydrogen-bond acceptors (Lipinski definition) is 4. The molecule has 118 valence electrons. The molecule has 0 bridgehead atoms. The molecule has 0 radical (unpaired) electrons. The van der Waals surface area contributed by atoms with Gasteiger partial charge < -0.3 is 10.2 Å². The second-order valence-electron chi connectivity index (χ2n) is 6.41. The van der Waals surface area contributed by atoms with E-state index in [1.165, 1.54) is 18.5 Å². The van der Waals surface area contributed by atoms with E-state index in [-0.39, 0.29) is 0 Å². The first-order valence-electron chi connectivity index (χ1n) is 8.42. The van der Waals surface area contributed by atoms with Gasteiger partial charge in [0, 0.05) is 31.1 Å². The lowest BCUT2D eigenvalue weighted by Crippen LogP contribution is -2.34. The summed E-state index contributed by atoms with van der Waals surface area (Å²) < 4.78 is 0. The van der Waals surface area contributed by atoms with Gasteiger partial charge in [0.2, 0.25) is 0 Å². The zero-order valence-electron chi connectivity index (χ0n) is 14.2. The molecule has 1 aromatic heterocycles. The summed E-state index contributed by atoms with van der Waals surface area (Å²) in [5.74, 6) is 1.32. The molecule has 2 rings (SSSR count). The fourth-order valence-electron chi connectivity index (χ4n) is 2.54. The van der Waals surface area contributed by atoms with Gasteiger partial charge in [-0.25, -0.2) is 9.97 Å². The Kier molecular flexibility index (Phi) is 5.57. The van der Waals surface area contributed by atoms with E-state index in [9.17, 15) is 0 Å². The molecule has 0 aromatic carbocycles. The molecule has 0 amide bonds. The number of nitrogens with zero attached hydrogens (tertiary/aromatic N) is 3. The van der Waals surface area contributed by atoms with Gasteiger partial charge in [0.15, 0.2) is 0 Å². The molecule has 4 nitrogen and oxygen atoms in total. The van der Waals surface area contributed by atoms with Crippen LogP contribution in [0.5, 0.6) is 0 Å². The van der Waals surface area contributed by atoms with Crippen LogP contribution in [0.3, 0.4) is 0 Å². The Bertz CT molecular complexity index is 454. The quantitative estimate of drug-likeness (QED) is 0.796. The largest absolute Gasteiger partial charge is 0.366 e. The molecule has 1 aromatic rings. The van der Waals surface area contributed by atoms with E-state index >= 15 is 0 Å². The van der Waals surface area contributed by atoms with E-state index in [1.54, 1.807) is 0 Å². The summed E-state index contributed by atoms with van der Waals surface area (Å²) in [6.45, 7) is 12.9. The van der Waals surface area contributed by atoms with Crippen molar-refractivity contribution in [3.8, 4) is 0 Å². The molecule has 21 heavy (non-hydrogen) atoms. The zero-order chi connectivity index (χ0) is 15.4. The molecule has 4 heteroatoms. The van der Waals surface area contributed by atoms with Crippen molar-refractivity contribution < 1.29 is 0 Å². The van der Waals surface area contributed by atoms with Crippen LogP contribution >= 0.6 is 0 Å². The number of nitrogens with one attached hydrogen (secondary N) is 1. The fourth-order valence-corrected chi connectivity index (χ4v) is 2.54. The van der Waals surface area contributed by atoms with E-state index in [4.69, 9.17) is 4.98 Å². The molecule has 1 fully saturated rings. The van der Waals surface area contributed by atoms with Crippen molar-refractivity contribution in [2.45, 2.75) is 78.4 Å². The average molecular weight is 290 g/mol. The molecule has 1 saturated carbocycles. The molecule has 1 N–H and O–H groups in total. The Labute approximate surface area is 129 Å². The topological polar surface area (TPSA) is 41.1 Å². The molecule has 1 aliphatic carbocycles. The van der Waals surface area contributed by atoms with Gasteiger partial charge in [-0.15, -0.1) is 0 Å². The summed E-state index contributed by atoms with van der Waals surface area (Å²) in [6, 6.07) is 1.22. The normalized spacial score (nSPS) is 16.3. The lowest BCUT2D eigenvalue weighted by molar-refractivity contribution is 0.609. The van der Waals surface area contributed by atoms with Gasteiger partial charge in [0.25, 0.3) is 0 Å². The predicted octanol–water partition coefficient (Wildman–Crippen LogP) is 3.48. The van der Waals surface area contributed by atoms with E-state index in [2.05, 4.69) is 49.8 Å². The number of anilines is 1. The number of rotatable bonds is 8. The summed E-state index contributed by atoms with van der Waals surface area (Å²) >= 11 is 0. The minimum Gasteiger partial charge on any atom is -0.366 e. The van der Waals surface area contributed by atoms with Gasteiger partial charge in [-0.3, -0.25) is 0 Å². The van der Waals surface area contributed by atoms with Crippen LogP contribution in [0.4, 0.5) is 5.69 Å². The highest BCUT2D eigenvalue weighted by Gasteiger charge is 2.23. The van der Waals surface area contributed by atoms with Crippen molar-refractivity contribution in [1.29, 1.82) is 0 Å². The Morgan fingerprint density at radius 1 is 1.29 bits per heavy atom. The van der Waals surface area contributed by atoms with Crippen molar-refractivity contribution in [3.63, 3.8) is 0 Å². The van der Waals surface area contributed by atoms with Crippen LogP contribution < -0.4 is 10.2 Å². The highest BCUT2D eigenvalue weighted by atomic mass is 15.2. The van der Waals surface area contributed by atoms with Crippen LogP contribution in [0.1, 0.15) is 71.3 Å². The Hall–Kier alpha value is -1.16. The van der Waals surface area contributed by atoms with Crippen LogP contribution in [0, 0.1) is 0 Å². The summed E-state index contributed by atoms with van der Waals surface area (Å²) in [7, 11) is 0. The van der Waals surface area contributed by atoms with Gasteiger partial charge in [-0.2, -0.15) is 0 Å². The second-order valence-corrected chi connectivity index (χ2v) is 6.41. The van der Waals surface area contributed by atoms with E-state index in [1.807, 2.05) is 6.20 Å². The van der Waals surface area contributed by atoms with Crippen molar-refractivity contribution in [2.75, 3.05) is 11.4 Å². The third-order valence-corrected chi connectivity index (χ3v) is 4.29. The van der Waals surface area contributed by atoms with E-state index < -0.39 is 0 Å². The van der Waals surface area contributed by atoms with E-state index in [0.717, 1.165) is 31.0 Å². The highest BCUT2D eigenvalue weighted by molar-refractivity contribution is 5.50. The monoisotopic (exact) mass is 290 g/mol. The molecule has 0 saturated heterocycles. The maximum Gasteiger partial charge on any atom is 0.131 e.